The van der Waals surface area contributed by atoms with E-state index in [1.54, 1.807) is 31.3 Å². The van der Waals surface area contributed by atoms with Crippen molar-refractivity contribution in [3.8, 4) is 0 Å². The Hall–Kier alpha value is -3.03. The molecular weight excluding hydrogens is 374 g/mol. The second-order valence-electron chi connectivity index (χ2n) is 6.41. The number of nitrogens with zero attached hydrogens (tertiary/aromatic N) is 2. The minimum atomic E-state index is -3.63. The van der Waals surface area contributed by atoms with Gasteiger partial charge in [-0.05, 0) is 48.9 Å². The van der Waals surface area contributed by atoms with E-state index >= 15 is 0 Å². The summed E-state index contributed by atoms with van der Waals surface area (Å²) in [7, 11) is -2.08. The van der Waals surface area contributed by atoms with Gasteiger partial charge in [0.1, 0.15) is 0 Å². The van der Waals surface area contributed by atoms with E-state index in [4.69, 9.17) is 0 Å². The molecule has 144 valence electrons. The molecule has 0 bridgehead atoms. The van der Waals surface area contributed by atoms with Gasteiger partial charge in [0.25, 0.3) is 5.91 Å². The smallest absolute Gasteiger partial charge is 0.257 e. The highest BCUT2D eigenvalue weighted by Gasteiger charge is 2.21. The van der Waals surface area contributed by atoms with E-state index < -0.39 is 10.0 Å². The standard InChI is InChI=1S/C21H21N3O3S/c1-16-8-9-18(14-22-16)21(25)23-19-10-12-20(13-11-19)28(26,27)24(2)15-17-6-4-3-5-7-17/h3-14H,15H2,1-2H3,(H,23,25). The normalized spacial score (nSPS) is 11.4. The molecule has 0 fully saturated rings. The molecule has 0 aliphatic heterocycles. The first-order chi connectivity index (χ1) is 13.4. The third kappa shape index (κ3) is 4.62. The Labute approximate surface area is 164 Å². The number of aryl methyl sites for hydroxylation is 1. The van der Waals surface area contributed by atoms with Crippen molar-refractivity contribution in [2.24, 2.45) is 0 Å². The molecule has 1 amide bonds. The summed E-state index contributed by atoms with van der Waals surface area (Å²) in [6.07, 6.45) is 1.50. The zero-order chi connectivity index (χ0) is 20.1. The summed E-state index contributed by atoms with van der Waals surface area (Å²) in [5, 5.41) is 2.74. The summed E-state index contributed by atoms with van der Waals surface area (Å²) in [6, 6.07) is 19.0. The summed E-state index contributed by atoms with van der Waals surface area (Å²) >= 11 is 0. The molecule has 3 aromatic rings. The van der Waals surface area contributed by atoms with E-state index in [9.17, 15) is 13.2 Å². The molecule has 0 radical (unpaired) electrons. The van der Waals surface area contributed by atoms with Gasteiger partial charge in [0, 0.05) is 31.2 Å². The highest BCUT2D eigenvalue weighted by Crippen LogP contribution is 2.19. The van der Waals surface area contributed by atoms with Crippen molar-refractivity contribution in [2.75, 3.05) is 12.4 Å². The van der Waals surface area contributed by atoms with Crippen LogP contribution in [0.25, 0.3) is 0 Å². The molecule has 0 aliphatic carbocycles. The Morgan fingerprint density at radius 2 is 1.68 bits per heavy atom. The number of nitrogens with one attached hydrogen (secondary N) is 1. The van der Waals surface area contributed by atoms with Gasteiger partial charge in [-0.3, -0.25) is 9.78 Å². The van der Waals surface area contributed by atoms with Gasteiger partial charge in [-0.15, -0.1) is 0 Å². The molecular formula is C21H21N3O3S. The highest BCUT2D eigenvalue weighted by molar-refractivity contribution is 7.89. The maximum absolute atomic E-state index is 12.8. The van der Waals surface area contributed by atoms with Crippen molar-refractivity contribution >= 4 is 21.6 Å². The van der Waals surface area contributed by atoms with Crippen LogP contribution in [0.3, 0.4) is 0 Å². The summed E-state index contributed by atoms with van der Waals surface area (Å²) < 4.78 is 26.8. The Kier molecular flexibility index (Phi) is 5.87. The Balaban J connectivity index is 1.70. The predicted octanol–water partition coefficient (Wildman–Crippen LogP) is 3.46. The molecule has 1 N–H and O–H groups in total. The molecule has 0 unspecified atom stereocenters. The number of pyridine rings is 1. The number of rotatable bonds is 6. The van der Waals surface area contributed by atoms with Gasteiger partial charge in [0.15, 0.2) is 0 Å². The van der Waals surface area contributed by atoms with Crippen LogP contribution in [0.1, 0.15) is 21.6 Å². The van der Waals surface area contributed by atoms with Crippen LogP contribution in [0.5, 0.6) is 0 Å². The fourth-order valence-corrected chi connectivity index (χ4v) is 3.78. The number of amides is 1. The second kappa shape index (κ2) is 8.33. The van der Waals surface area contributed by atoms with Crippen LogP contribution in [-0.4, -0.2) is 30.7 Å². The topological polar surface area (TPSA) is 79.4 Å². The van der Waals surface area contributed by atoms with Gasteiger partial charge in [-0.1, -0.05) is 30.3 Å². The minimum Gasteiger partial charge on any atom is -0.322 e. The number of hydrogen-bond acceptors (Lipinski definition) is 4. The Bertz CT molecular complexity index is 1050. The van der Waals surface area contributed by atoms with Gasteiger partial charge < -0.3 is 5.32 Å². The third-order valence-corrected chi connectivity index (χ3v) is 6.06. The van der Waals surface area contributed by atoms with Crippen molar-refractivity contribution in [1.82, 2.24) is 9.29 Å². The van der Waals surface area contributed by atoms with Crippen LogP contribution in [0.15, 0.2) is 77.8 Å². The van der Waals surface area contributed by atoms with Gasteiger partial charge in [-0.2, -0.15) is 4.31 Å². The van der Waals surface area contributed by atoms with E-state index in [1.165, 1.54) is 22.6 Å². The molecule has 0 spiro atoms. The quantitative estimate of drug-likeness (QED) is 0.693. The number of anilines is 1. The van der Waals surface area contributed by atoms with Crippen molar-refractivity contribution in [1.29, 1.82) is 0 Å². The first kappa shape index (κ1) is 19.7. The minimum absolute atomic E-state index is 0.168. The van der Waals surface area contributed by atoms with Crippen LogP contribution >= 0.6 is 0 Å². The molecule has 0 saturated carbocycles. The zero-order valence-electron chi connectivity index (χ0n) is 15.7. The summed E-state index contributed by atoms with van der Waals surface area (Å²) in [6.45, 7) is 2.12. The number of carbonyl (C=O) groups is 1. The molecule has 7 heteroatoms. The lowest BCUT2D eigenvalue weighted by Crippen LogP contribution is -2.26. The molecule has 0 atom stereocenters. The lowest BCUT2D eigenvalue weighted by molar-refractivity contribution is 0.102. The van der Waals surface area contributed by atoms with E-state index in [0.717, 1.165) is 11.3 Å². The van der Waals surface area contributed by atoms with Crippen LogP contribution in [0.4, 0.5) is 5.69 Å². The van der Waals surface area contributed by atoms with Crippen molar-refractivity contribution < 1.29 is 13.2 Å². The van der Waals surface area contributed by atoms with Crippen LogP contribution in [0.2, 0.25) is 0 Å². The number of sulfonamides is 1. The molecule has 1 heterocycles. The number of aromatic nitrogens is 1. The molecule has 6 nitrogen and oxygen atoms in total. The van der Waals surface area contributed by atoms with E-state index in [0.29, 0.717) is 11.3 Å². The van der Waals surface area contributed by atoms with Crippen molar-refractivity contribution in [3.63, 3.8) is 0 Å². The van der Waals surface area contributed by atoms with Gasteiger partial charge in [0.2, 0.25) is 10.0 Å². The largest absolute Gasteiger partial charge is 0.322 e. The molecule has 0 aliphatic rings. The maximum Gasteiger partial charge on any atom is 0.257 e. The zero-order valence-corrected chi connectivity index (χ0v) is 16.5. The van der Waals surface area contributed by atoms with Crippen LogP contribution in [-0.2, 0) is 16.6 Å². The average molecular weight is 395 g/mol. The van der Waals surface area contributed by atoms with Crippen molar-refractivity contribution in [2.45, 2.75) is 18.4 Å². The lowest BCUT2D eigenvalue weighted by Gasteiger charge is -2.17. The average Bonchev–Trinajstić information content (AvgIpc) is 2.69. The van der Waals surface area contributed by atoms with E-state index in [2.05, 4.69) is 10.3 Å². The molecule has 28 heavy (non-hydrogen) atoms. The number of hydrogen-bond donors (Lipinski definition) is 1. The van der Waals surface area contributed by atoms with Gasteiger partial charge in [0.05, 0.1) is 10.5 Å². The second-order valence-corrected chi connectivity index (χ2v) is 8.46. The first-order valence-electron chi connectivity index (χ1n) is 8.70. The lowest BCUT2D eigenvalue weighted by atomic mass is 10.2. The number of benzene rings is 2. The Morgan fingerprint density at radius 3 is 2.29 bits per heavy atom. The van der Waals surface area contributed by atoms with Gasteiger partial charge >= 0.3 is 0 Å². The summed E-state index contributed by atoms with van der Waals surface area (Å²) in [4.78, 5) is 16.5. The number of carbonyl (C=O) groups excluding carboxylic acids is 1. The molecule has 0 saturated heterocycles. The SMILES string of the molecule is Cc1ccc(C(=O)Nc2ccc(S(=O)(=O)N(C)Cc3ccccc3)cc2)cn1. The molecule has 2 aromatic carbocycles. The van der Waals surface area contributed by atoms with E-state index in [1.807, 2.05) is 37.3 Å². The monoisotopic (exact) mass is 395 g/mol. The predicted molar refractivity (Wildman–Crippen MR) is 108 cm³/mol. The fourth-order valence-electron chi connectivity index (χ4n) is 2.62. The van der Waals surface area contributed by atoms with Crippen molar-refractivity contribution in [3.05, 3.63) is 89.7 Å². The summed E-state index contributed by atoms with van der Waals surface area (Å²) in [5.41, 5.74) is 2.68. The fraction of sp³-hybridized carbons (Fsp3) is 0.143. The molecule has 3 rings (SSSR count). The first-order valence-corrected chi connectivity index (χ1v) is 10.1. The van der Waals surface area contributed by atoms with Gasteiger partial charge in [-0.25, -0.2) is 8.42 Å². The molecule has 1 aromatic heterocycles. The third-order valence-electron chi connectivity index (χ3n) is 4.24. The Morgan fingerprint density at radius 1 is 1.00 bits per heavy atom. The van der Waals surface area contributed by atoms with E-state index in [-0.39, 0.29) is 17.3 Å². The highest BCUT2D eigenvalue weighted by atomic mass is 32.2. The summed E-state index contributed by atoms with van der Waals surface area (Å²) in [5.74, 6) is -0.302. The maximum atomic E-state index is 12.8. The van der Waals surface area contributed by atoms with Crippen LogP contribution < -0.4 is 5.32 Å². The van der Waals surface area contributed by atoms with Crippen LogP contribution in [0, 0.1) is 6.92 Å².